The first-order valence-corrected chi connectivity index (χ1v) is 10.4. The lowest BCUT2D eigenvalue weighted by molar-refractivity contribution is 0.0926. The fourth-order valence-electron chi connectivity index (χ4n) is 3.50. The van der Waals surface area contributed by atoms with Crippen LogP contribution in [-0.2, 0) is 6.42 Å². The van der Waals surface area contributed by atoms with Crippen molar-refractivity contribution in [3.05, 3.63) is 65.6 Å². The summed E-state index contributed by atoms with van der Waals surface area (Å²) < 4.78 is 13.3. The first-order valence-electron chi connectivity index (χ1n) is 10.4. The van der Waals surface area contributed by atoms with Crippen molar-refractivity contribution in [2.24, 2.45) is 0 Å². The molecule has 1 amide bonds. The lowest BCUT2D eigenvalue weighted by atomic mass is 10.0. The van der Waals surface area contributed by atoms with Crippen molar-refractivity contribution < 1.29 is 14.3 Å². The Morgan fingerprint density at radius 2 is 1.93 bits per heavy atom. The van der Waals surface area contributed by atoms with E-state index in [0.717, 1.165) is 29.7 Å². The summed E-state index contributed by atoms with van der Waals surface area (Å²) in [7, 11) is 0. The maximum Gasteiger partial charge on any atom is 0.270 e. The molecular weight excluding hydrogens is 380 g/mol. The molecule has 7 heteroatoms. The number of nitrogens with one attached hydrogen (secondary N) is 1. The predicted molar refractivity (Wildman–Crippen MR) is 113 cm³/mol. The van der Waals surface area contributed by atoms with E-state index in [2.05, 4.69) is 41.4 Å². The van der Waals surface area contributed by atoms with Gasteiger partial charge in [-0.15, -0.1) is 0 Å². The lowest BCUT2D eigenvalue weighted by Gasteiger charge is -2.22. The summed E-state index contributed by atoms with van der Waals surface area (Å²) in [6.07, 6.45) is 6.02. The number of pyridine rings is 1. The van der Waals surface area contributed by atoms with Gasteiger partial charge in [0.05, 0.1) is 5.69 Å². The van der Waals surface area contributed by atoms with Crippen LogP contribution in [0, 0.1) is 0 Å². The molecule has 156 valence electrons. The van der Waals surface area contributed by atoms with E-state index in [-0.39, 0.29) is 11.9 Å². The zero-order chi connectivity index (χ0) is 20.9. The third-order valence-electron chi connectivity index (χ3n) is 5.24. The third kappa shape index (κ3) is 4.30. The molecule has 7 nitrogen and oxygen atoms in total. The summed E-state index contributed by atoms with van der Waals surface area (Å²) in [5.74, 6) is 0.828. The first-order chi connectivity index (χ1) is 14.7. The van der Waals surface area contributed by atoms with Crippen molar-refractivity contribution in [3.63, 3.8) is 0 Å². The van der Waals surface area contributed by atoms with E-state index in [9.17, 15) is 4.79 Å². The highest BCUT2D eigenvalue weighted by Crippen LogP contribution is 2.34. The standard InChI is InChI=1S/C23H26N4O3/c1-3-18(4-2)25-22(28)20-15-17(21-23(26-20)30-13-12-29-21)14-16-6-8-19(9-7-16)27-11-5-10-24-27/h5-11,15,18H,3-4,12-14H2,1-2H3,(H,25,28). The molecule has 0 bridgehead atoms. The van der Waals surface area contributed by atoms with Crippen LogP contribution in [0.15, 0.2) is 48.8 Å². The Morgan fingerprint density at radius 3 is 2.63 bits per heavy atom. The van der Waals surface area contributed by atoms with Gasteiger partial charge in [-0.1, -0.05) is 26.0 Å². The van der Waals surface area contributed by atoms with E-state index in [4.69, 9.17) is 9.47 Å². The van der Waals surface area contributed by atoms with Crippen LogP contribution in [0.25, 0.3) is 5.69 Å². The molecule has 2 aromatic heterocycles. The van der Waals surface area contributed by atoms with Crippen molar-refractivity contribution in [1.29, 1.82) is 0 Å². The number of carbonyl (C=O) groups excluding carboxylic acids is 1. The minimum absolute atomic E-state index is 0.130. The van der Waals surface area contributed by atoms with Crippen molar-refractivity contribution >= 4 is 5.91 Å². The second kappa shape index (κ2) is 8.98. The minimum atomic E-state index is -0.184. The van der Waals surface area contributed by atoms with Crippen LogP contribution in [0.1, 0.15) is 48.3 Å². The summed E-state index contributed by atoms with van der Waals surface area (Å²) >= 11 is 0. The number of hydrogen-bond donors (Lipinski definition) is 1. The monoisotopic (exact) mass is 406 g/mol. The van der Waals surface area contributed by atoms with Crippen molar-refractivity contribution in [3.8, 4) is 17.3 Å². The molecule has 30 heavy (non-hydrogen) atoms. The largest absolute Gasteiger partial charge is 0.484 e. The van der Waals surface area contributed by atoms with Gasteiger partial charge in [0.15, 0.2) is 5.75 Å². The number of nitrogens with zero attached hydrogens (tertiary/aromatic N) is 3. The number of carbonyl (C=O) groups is 1. The summed E-state index contributed by atoms with van der Waals surface area (Å²) in [6.45, 7) is 5.02. The van der Waals surface area contributed by atoms with E-state index in [1.165, 1.54) is 0 Å². The first kappa shape index (κ1) is 19.9. The highest BCUT2D eigenvalue weighted by molar-refractivity contribution is 5.93. The molecule has 1 aliphatic heterocycles. The van der Waals surface area contributed by atoms with Gasteiger partial charge in [0.2, 0.25) is 0 Å². The molecule has 1 N–H and O–H groups in total. The van der Waals surface area contributed by atoms with Crippen molar-refractivity contribution in [1.82, 2.24) is 20.1 Å². The lowest BCUT2D eigenvalue weighted by Crippen LogP contribution is -2.34. The van der Waals surface area contributed by atoms with Gasteiger partial charge in [-0.2, -0.15) is 5.10 Å². The summed E-state index contributed by atoms with van der Waals surface area (Å²) in [4.78, 5) is 17.2. The third-order valence-corrected chi connectivity index (χ3v) is 5.24. The average Bonchev–Trinajstić information content (AvgIpc) is 3.32. The van der Waals surface area contributed by atoms with Crippen molar-refractivity contribution in [2.45, 2.75) is 39.2 Å². The fourth-order valence-corrected chi connectivity index (χ4v) is 3.50. The second-order valence-electron chi connectivity index (χ2n) is 7.28. The molecule has 0 fully saturated rings. The van der Waals surface area contributed by atoms with E-state index >= 15 is 0 Å². The molecule has 1 aromatic carbocycles. The van der Waals surface area contributed by atoms with Crippen LogP contribution < -0.4 is 14.8 Å². The van der Waals surface area contributed by atoms with Gasteiger partial charge in [0, 0.05) is 30.4 Å². The van der Waals surface area contributed by atoms with Crippen LogP contribution in [-0.4, -0.2) is 39.9 Å². The Kier molecular flexibility index (Phi) is 5.97. The van der Waals surface area contributed by atoms with E-state index in [0.29, 0.717) is 37.0 Å². The number of amides is 1. The number of fused-ring (bicyclic) bond motifs is 1. The maximum atomic E-state index is 12.8. The van der Waals surface area contributed by atoms with Gasteiger partial charge in [-0.25, -0.2) is 9.67 Å². The van der Waals surface area contributed by atoms with Gasteiger partial charge >= 0.3 is 0 Å². The Balaban J connectivity index is 1.60. The normalized spacial score (nSPS) is 12.8. The van der Waals surface area contributed by atoms with Crippen LogP contribution in [0.2, 0.25) is 0 Å². The molecule has 0 saturated heterocycles. The number of aromatic nitrogens is 3. The molecule has 1 aliphatic rings. The Labute approximate surface area is 176 Å². The van der Waals surface area contributed by atoms with Gasteiger partial charge in [0.1, 0.15) is 18.9 Å². The SMILES string of the molecule is CCC(CC)NC(=O)c1cc(Cc2ccc(-n3cccn3)cc2)c2c(n1)OCCO2. The van der Waals surface area contributed by atoms with Crippen LogP contribution in [0.4, 0.5) is 0 Å². The number of ether oxygens (including phenoxy) is 2. The quantitative estimate of drug-likeness (QED) is 0.649. The van der Waals surface area contributed by atoms with E-state index < -0.39 is 0 Å². The maximum absolute atomic E-state index is 12.8. The summed E-state index contributed by atoms with van der Waals surface area (Å²) in [5, 5.41) is 7.30. The molecule has 4 rings (SSSR count). The van der Waals surface area contributed by atoms with E-state index in [1.807, 2.05) is 35.1 Å². The van der Waals surface area contributed by atoms with Gasteiger partial charge in [-0.05, 0) is 42.7 Å². The number of benzene rings is 1. The number of rotatable bonds is 7. The van der Waals surface area contributed by atoms with Crippen molar-refractivity contribution in [2.75, 3.05) is 13.2 Å². The number of hydrogen-bond acceptors (Lipinski definition) is 5. The van der Waals surface area contributed by atoms with Gasteiger partial charge in [0.25, 0.3) is 11.8 Å². The molecule has 0 atom stereocenters. The predicted octanol–water partition coefficient (Wildman–Crippen LogP) is 3.55. The molecule has 0 aliphatic carbocycles. The smallest absolute Gasteiger partial charge is 0.270 e. The second-order valence-corrected chi connectivity index (χ2v) is 7.28. The fraction of sp³-hybridized carbons (Fsp3) is 0.348. The molecule has 0 spiro atoms. The molecular formula is C23H26N4O3. The average molecular weight is 406 g/mol. The molecule has 3 heterocycles. The summed E-state index contributed by atoms with van der Waals surface area (Å²) in [5.41, 5.74) is 3.33. The molecule has 0 saturated carbocycles. The highest BCUT2D eigenvalue weighted by atomic mass is 16.6. The van der Waals surface area contributed by atoms with Crippen LogP contribution in [0.3, 0.4) is 0 Å². The van der Waals surface area contributed by atoms with Gasteiger partial charge in [-0.3, -0.25) is 4.79 Å². The van der Waals surface area contributed by atoms with E-state index in [1.54, 1.807) is 6.20 Å². The van der Waals surface area contributed by atoms with Crippen LogP contribution in [0.5, 0.6) is 11.6 Å². The zero-order valence-electron chi connectivity index (χ0n) is 17.3. The van der Waals surface area contributed by atoms with Crippen LogP contribution >= 0.6 is 0 Å². The Morgan fingerprint density at radius 1 is 1.17 bits per heavy atom. The molecule has 0 unspecified atom stereocenters. The van der Waals surface area contributed by atoms with Gasteiger partial charge < -0.3 is 14.8 Å². The summed E-state index contributed by atoms with van der Waals surface area (Å²) in [6, 6.07) is 12.0. The minimum Gasteiger partial charge on any atom is -0.484 e. The topological polar surface area (TPSA) is 78.3 Å². The Hall–Kier alpha value is -3.35. The molecule has 0 radical (unpaired) electrons. The Bertz CT molecular complexity index is 996. The highest BCUT2D eigenvalue weighted by Gasteiger charge is 2.23. The molecule has 3 aromatic rings. The zero-order valence-corrected chi connectivity index (χ0v) is 17.3.